The van der Waals surface area contributed by atoms with Crippen molar-refractivity contribution in [3.63, 3.8) is 0 Å². The molecule has 0 aromatic rings. The van der Waals surface area contributed by atoms with Crippen LogP contribution in [0, 0.1) is 0 Å². The molecular formula is C15H24O3. The smallest absolute Gasteiger partial charge is 0.330 e. The molecule has 18 heavy (non-hydrogen) atoms. The van der Waals surface area contributed by atoms with Crippen LogP contribution >= 0.6 is 0 Å². The lowest BCUT2D eigenvalue weighted by atomic mass is 9.99. The maximum Gasteiger partial charge on any atom is 0.330 e. The highest BCUT2D eigenvalue weighted by atomic mass is 16.4. The first kappa shape index (κ1) is 16.6. The molecular weight excluding hydrogens is 228 g/mol. The highest BCUT2D eigenvalue weighted by Crippen LogP contribution is 2.15. The molecule has 3 heteroatoms. The van der Waals surface area contributed by atoms with Crippen molar-refractivity contribution in [1.29, 1.82) is 0 Å². The maximum atomic E-state index is 10.6. The van der Waals surface area contributed by atoms with Gasteiger partial charge in [-0.05, 0) is 46.5 Å². The second-order valence-corrected chi connectivity index (χ2v) is 4.88. The van der Waals surface area contributed by atoms with E-state index in [9.17, 15) is 9.90 Å². The molecule has 102 valence electrons. The summed E-state index contributed by atoms with van der Waals surface area (Å²) < 4.78 is 0. The van der Waals surface area contributed by atoms with Gasteiger partial charge in [-0.15, -0.1) is 6.58 Å². The van der Waals surface area contributed by atoms with Crippen LogP contribution in [0.25, 0.3) is 0 Å². The third-order valence-electron chi connectivity index (χ3n) is 2.91. The molecule has 0 heterocycles. The highest BCUT2D eigenvalue weighted by Gasteiger charge is 2.13. The Morgan fingerprint density at radius 1 is 1.28 bits per heavy atom. The Labute approximate surface area is 110 Å². The number of hydrogen-bond donors (Lipinski definition) is 2. The Morgan fingerprint density at radius 3 is 2.39 bits per heavy atom. The number of carboxylic acids is 1. The topological polar surface area (TPSA) is 57.5 Å². The molecule has 2 N–H and O–H groups in total. The van der Waals surface area contributed by atoms with Crippen LogP contribution in [0.2, 0.25) is 0 Å². The zero-order valence-electron chi connectivity index (χ0n) is 11.6. The van der Waals surface area contributed by atoms with Gasteiger partial charge < -0.3 is 10.2 Å². The van der Waals surface area contributed by atoms with E-state index >= 15 is 0 Å². The molecule has 0 saturated heterocycles. The van der Waals surface area contributed by atoms with Crippen LogP contribution in [-0.4, -0.2) is 21.8 Å². The van der Waals surface area contributed by atoms with Gasteiger partial charge in [-0.2, -0.15) is 0 Å². The Hall–Kier alpha value is -1.35. The average molecular weight is 252 g/mol. The minimum absolute atomic E-state index is 0.386. The van der Waals surface area contributed by atoms with Gasteiger partial charge in [0.2, 0.25) is 0 Å². The third kappa shape index (κ3) is 7.85. The standard InChI is InChI=1S/C15H24O3/c1-5-15(4,18)11-7-9-12(2)8-6-10-13(3)14(16)17/h5,9-10,18H,1,6-8,11H2,2-4H3,(H,16,17)/t15-/m1/s1. The summed E-state index contributed by atoms with van der Waals surface area (Å²) in [6.07, 6.45) is 8.40. The van der Waals surface area contributed by atoms with Crippen molar-refractivity contribution in [3.05, 3.63) is 36.0 Å². The van der Waals surface area contributed by atoms with Crippen LogP contribution in [0.5, 0.6) is 0 Å². The van der Waals surface area contributed by atoms with Gasteiger partial charge in [0.25, 0.3) is 0 Å². The van der Waals surface area contributed by atoms with Gasteiger partial charge in [0.1, 0.15) is 0 Å². The van der Waals surface area contributed by atoms with Crippen LogP contribution in [0.3, 0.4) is 0 Å². The van der Waals surface area contributed by atoms with Crippen LogP contribution in [-0.2, 0) is 4.79 Å². The lowest BCUT2D eigenvalue weighted by molar-refractivity contribution is -0.132. The number of carbonyl (C=O) groups is 1. The molecule has 0 fully saturated rings. The minimum Gasteiger partial charge on any atom is -0.478 e. The fourth-order valence-electron chi connectivity index (χ4n) is 1.42. The van der Waals surface area contributed by atoms with Crippen molar-refractivity contribution in [3.8, 4) is 0 Å². The second-order valence-electron chi connectivity index (χ2n) is 4.88. The quantitative estimate of drug-likeness (QED) is 0.514. The predicted octanol–water partition coefficient (Wildman–Crippen LogP) is 3.46. The molecule has 0 spiro atoms. The number of aliphatic carboxylic acids is 1. The molecule has 0 amide bonds. The molecule has 0 aliphatic carbocycles. The third-order valence-corrected chi connectivity index (χ3v) is 2.91. The number of aliphatic hydroxyl groups is 1. The van der Waals surface area contributed by atoms with E-state index in [0.717, 1.165) is 19.3 Å². The SMILES string of the molecule is C=C[C@@](C)(O)CCC=C(C)CCC=C(C)C(=O)O. The zero-order valence-corrected chi connectivity index (χ0v) is 11.6. The summed E-state index contributed by atoms with van der Waals surface area (Å²) in [5, 5.41) is 18.4. The summed E-state index contributed by atoms with van der Waals surface area (Å²) in [4.78, 5) is 10.6. The lowest BCUT2D eigenvalue weighted by Gasteiger charge is -2.16. The number of hydrogen-bond acceptors (Lipinski definition) is 2. The van der Waals surface area contributed by atoms with Crippen molar-refractivity contribution in [2.24, 2.45) is 0 Å². The highest BCUT2D eigenvalue weighted by molar-refractivity contribution is 5.85. The molecule has 0 aromatic carbocycles. The zero-order chi connectivity index (χ0) is 14.2. The normalized spacial score (nSPS) is 16.2. The first-order valence-corrected chi connectivity index (χ1v) is 6.20. The monoisotopic (exact) mass is 252 g/mol. The van der Waals surface area contributed by atoms with Gasteiger partial charge in [0.15, 0.2) is 0 Å². The van der Waals surface area contributed by atoms with Gasteiger partial charge in [-0.25, -0.2) is 4.79 Å². The van der Waals surface area contributed by atoms with Gasteiger partial charge in [0, 0.05) is 5.57 Å². The maximum absolute atomic E-state index is 10.6. The molecule has 0 rings (SSSR count). The lowest BCUT2D eigenvalue weighted by Crippen LogP contribution is -2.19. The fraction of sp³-hybridized carbons (Fsp3) is 0.533. The Balaban J connectivity index is 4.03. The van der Waals surface area contributed by atoms with E-state index in [1.54, 1.807) is 26.0 Å². The molecule has 0 aliphatic rings. The molecule has 0 aliphatic heterocycles. The van der Waals surface area contributed by atoms with Gasteiger partial charge in [0.05, 0.1) is 5.60 Å². The largest absolute Gasteiger partial charge is 0.478 e. The summed E-state index contributed by atoms with van der Waals surface area (Å²) in [5.74, 6) is -0.862. The molecule has 0 saturated carbocycles. The van der Waals surface area contributed by atoms with Crippen LogP contribution in [0.15, 0.2) is 36.0 Å². The summed E-state index contributed by atoms with van der Waals surface area (Å²) in [6.45, 7) is 8.94. The fourth-order valence-corrected chi connectivity index (χ4v) is 1.42. The molecule has 0 bridgehead atoms. The first-order valence-electron chi connectivity index (χ1n) is 6.20. The second kappa shape index (κ2) is 7.88. The number of allylic oxidation sites excluding steroid dienone is 3. The van der Waals surface area contributed by atoms with Crippen molar-refractivity contribution in [2.45, 2.75) is 52.1 Å². The van der Waals surface area contributed by atoms with Gasteiger partial charge in [-0.3, -0.25) is 0 Å². The molecule has 0 radical (unpaired) electrons. The summed E-state index contributed by atoms with van der Waals surface area (Å²) >= 11 is 0. The van der Waals surface area contributed by atoms with E-state index in [-0.39, 0.29) is 0 Å². The van der Waals surface area contributed by atoms with Crippen LogP contribution < -0.4 is 0 Å². The molecule has 0 aromatic heterocycles. The van der Waals surface area contributed by atoms with Crippen molar-refractivity contribution >= 4 is 5.97 Å². The average Bonchev–Trinajstić information content (AvgIpc) is 2.28. The van der Waals surface area contributed by atoms with E-state index in [4.69, 9.17) is 5.11 Å². The Kier molecular flexibility index (Phi) is 7.29. The Morgan fingerprint density at radius 2 is 1.89 bits per heavy atom. The Bertz CT molecular complexity index is 349. The van der Waals surface area contributed by atoms with E-state index in [1.807, 2.05) is 6.92 Å². The van der Waals surface area contributed by atoms with E-state index in [1.165, 1.54) is 5.57 Å². The van der Waals surface area contributed by atoms with E-state index < -0.39 is 11.6 Å². The summed E-state index contributed by atoms with van der Waals surface area (Å²) in [7, 11) is 0. The van der Waals surface area contributed by atoms with Crippen molar-refractivity contribution in [2.75, 3.05) is 0 Å². The van der Waals surface area contributed by atoms with Crippen LogP contribution in [0.4, 0.5) is 0 Å². The van der Waals surface area contributed by atoms with Gasteiger partial charge in [-0.1, -0.05) is 23.8 Å². The number of rotatable bonds is 8. The molecule has 1 atom stereocenters. The van der Waals surface area contributed by atoms with E-state index in [2.05, 4.69) is 12.7 Å². The summed E-state index contributed by atoms with van der Waals surface area (Å²) in [6, 6.07) is 0. The van der Waals surface area contributed by atoms with Crippen LogP contribution in [0.1, 0.15) is 46.5 Å². The predicted molar refractivity (Wildman–Crippen MR) is 74.4 cm³/mol. The molecule has 3 nitrogen and oxygen atoms in total. The molecule has 0 unspecified atom stereocenters. The first-order chi connectivity index (χ1) is 8.28. The summed E-state index contributed by atoms with van der Waals surface area (Å²) in [5.41, 5.74) is 0.790. The van der Waals surface area contributed by atoms with Gasteiger partial charge >= 0.3 is 5.97 Å². The van der Waals surface area contributed by atoms with E-state index in [0.29, 0.717) is 12.0 Å². The number of carboxylic acid groups (broad SMARTS) is 1. The van der Waals surface area contributed by atoms with Crippen molar-refractivity contribution in [1.82, 2.24) is 0 Å². The minimum atomic E-state index is -0.862. The van der Waals surface area contributed by atoms with Crippen molar-refractivity contribution < 1.29 is 15.0 Å².